The van der Waals surface area contributed by atoms with Gasteiger partial charge in [-0.15, -0.1) is 0 Å². The van der Waals surface area contributed by atoms with Gasteiger partial charge in [0.15, 0.2) is 10.0 Å². The monoisotopic (exact) mass is 285 g/mol. The van der Waals surface area contributed by atoms with E-state index in [4.69, 9.17) is 15.4 Å². The number of ether oxygens (including phenoxy) is 1. The van der Waals surface area contributed by atoms with Gasteiger partial charge >= 0.3 is 5.97 Å². The normalized spacial score (nSPS) is 12.6. The Bertz CT molecular complexity index is 636. The van der Waals surface area contributed by atoms with Crippen LogP contribution < -0.4 is 0 Å². The molecule has 1 heterocycles. The first kappa shape index (κ1) is 13.1. The van der Waals surface area contributed by atoms with Gasteiger partial charge in [0, 0.05) is 18.0 Å². The first-order valence-corrected chi connectivity index (χ1v) is 7.38. The van der Waals surface area contributed by atoms with Crippen molar-refractivity contribution in [1.82, 2.24) is 4.57 Å². The summed E-state index contributed by atoms with van der Waals surface area (Å²) < 4.78 is 18.3. The molecule has 6 heteroatoms. The summed E-state index contributed by atoms with van der Waals surface area (Å²) in [7, 11) is 5.65. The van der Waals surface area contributed by atoms with Crippen LogP contribution in [0.4, 0.5) is 0 Å². The number of para-hydroxylation sites is 1. The lowest BCUT2D eigenvalue weighted by Crippen LogP contribution is -2.11. The van der Waals surface area contributed by atoms with Crippen LogP contribution in [0.15, 0.2) is 29.2 Å². The van der Waals surface area contributed by atoms with E-state index in [2.05, 4.69) is 0 Å². The Morgan fingerprint density at radius 3 is 2.72 bits per heavy atom. The molecule has 0 bridgehead atoms. The molecule has 0 aliphatic carbocycles. The lowest BCUT2D eigenvalue weighted by atomic mass is 10.2. The molecule has 2 aromatic rings. The number of nitrogens with zero attached hydrogens (tertiary/aromatic N) is 1. The van der Waals surface area contributed by atoms with E-state index >= 15 is 0 Å². The molecule has 1 atom stereocenters. The molecule has 0 saturated carbocycles. The van der Waals surface area contributed by atoms with Crippen LogP contribution >= 0.6 is 10.7 Å². The minimum Gasteiger partial charge on any atom is -0.461 e. The fraction of sp³-hybridized carbons (Fsp3) is 0.250. The van der Waals surface area contributed by atoms with E-state index in [0.29, 0.717) is 10.3 Å². The standard InChI is InChI=1S/C12H12ClNO3S/c1-3-17-12(15)10-11(18(13)16)8-6-4-5-7-9(8)14(10)2/h4-7H,3H2,1-2H3. The molecule has 0 spiro atoms. The Hall–Kier alpha value is -1.33. The number of fused-ring (bicyclic) bond motifs is 1. The number of hydrogen-bond donors (Lipinski definition) is 0. The number of benzene rings is 1. The van der Waals surface area contributed by atoms with Crippen LogP contribution in [0.3, 0.4) is 0 Å². The Morgan fingerprint density at radius 2 is 2.11 bits per heavy atom. The summed E-state index contributed by atoms with van der Waals surface area (Å²) in [4.78, 5) is 12.2. The number of aromatic nitrogens is 1. The van der Waals surface area contributed by atoms with Gasteiger partial charge in [-0.25, -0.2) is 9.00 Å². The van der Waals surface area contributed by atoms with E-state index in [1.807, 2.05) is 18.2 Å². The topological polar surface area (TPSA) is 48.3 Å². The zero-order chi connectivity index (χ0) is 13.3. The van der Waals surface area contributed by atoms with Crippen molar-refractivity contribution in [2.45, 2.75) is 11.8 Å². The minimum absolute atomic E-state index is 0.242. The second kappa shape index (κ2) is 5.12. The van der Waals surface area contributed by atoms with E-state index in [1.165, 1.54) is 0 Å². The van der Waals surface area contributed by atoms with Gasteiger partial charge in [0.1, 0.15) is 5.69 Å². The SMILES string of the molecule is CCOC(=O)c1c(S(=O)Cl)c2ccccc2n1C. The molecule has 4 nitrogen and oxygen atoms in total. The largest absolute Gasteiger partial charge is 0.461 e. The molecule has 18 heavy (non-hydrogen) atoms. The van der Waals surface area contributed by atoms with Gasteiger partial charge in [0.25, 0.3) is 0 Å². The van der Waals surface area contributed by atoms with E-state index in [-0.39, 0.29) is 12.3 Å². The molecule has 0 saturated heterocycles. The molecule has 1 unspecified atom stereocenters. The predicted octanol–water partition coefficient (Wildman–Crippen LogP) is 2.62. The first-order chi connectivity index (χ1) is 8.57. The zero-order valence-corrected chi connectivity index (χ0v) is 11.5. The predicted molar refractivity (Wildman–Crippen MR) is 71.1 cm³/mol. The maximum absolute atomic E-state index is 11.9. The molecule has 96 valence electrons. The molecule has 0 fully saturated rings. The quantitative estimate of drug-likeness (QED) is 0.643. The van der Waals surface area contributed by atoms with E-state index in [9.17, 15) is 9.00 Å². The molecule has 0 aliphatic heterocycles. The van der Waals surface area contributed by atoms with Crippen molar-refractivity contribution in [1.29, 1.82) is 0 Å². The van der Waals surface area contributed by atoms with Crippen LogP contribution in [0.25, 0.3) is 10.9 Å². The highest BCUT2D eigenvalue weighted by Crippen LogP contribution is 2.30. The Kier molecular flexibility index (Phi) is 3.73. The molecule has 1 aromatic heterocycles. The maximum Gasteiger partial charge on any atom is 0.356 e. The number of carbonyl (C=O) groups is 1. The fourth-order valence-corrected chi connectivity index (χ4v) is 3.14. The summed E-state index contributed by atoms with van der Waals surface area (Å²) in [6, 6.07) is 7.28. The Balaban J connectivity index is 2.78. The molecular weight excluding hydrogens is 274 g/mol. The highest BCUT2D eigenvalue weighted by molar-refractivity contribution is 8.08. The smallest absolute Gasteiger partial charge is 0.356 e. The van der Waals surface area contributed by atoms with E-state index in [1.54, 1.807) is 24.6 Å². The van der Waals surface area contributed by atoms with Crippen LogP contribution in [0, 0.1) is 0 Å². The van der Waals surface area contributed by atoms with Crippen molar-refractivity contribution in [2.75, 3.05) is 6.61 Å². The maximum atomic E-state index is 11.9. The Morgan fingerprint density at radius 1 is 1.44 bits per heavy atom. The number of carbonyl (C=O) groups excluding carboxylic acids is 1. The molecular formula is C12H12ClNO3S. The summed E-state index contributed by atoms with van der Waals surface area (Å²) in [5.41, 5.74) is 1.04. The van der Waals surface area contributed by atoms with Gasteiger partial charge in [0.2, 0.25) is 0 Å². The number of esters is 1. The molecule has 2 rings (SSSR count). The van der Waals surface area contributed by atoms with Gasteiger partial charge in [0.05, 0.1) is 11.5 Å². The van der Waals surface area contributed by atoms with Crippen molar-refractivity contribution < 1.29 is 13.7 Å². The van der Waals surface area contributed by atoms with Gasteiger partial charge in [-0.1, -0.05) is 18.2 Å². The summed E-state index contributed by atoms with van der Waals surface area (Å²) in [6.45, 7) is 1.98. The van der Waals surface area contributed by atoms with E-state index < -0.39 is 16.0 Å². The van der Waals surface area contributed by atoms with Crippen molar-refractivity contribution in [3.05, 3.63) is 30.0 Å². The van der Waals surface area contributed by atoms with Gasteiger partial charge in [-0.05, 0) is 23.7 Å². The van der Waals surface area contributed by atoms with Crippen LogP contribution in [-0.2, 0) is 21.8 Å². The molecule has 1 aromatic carbocycles. The highest BCUT2D eigenvalue weighted by atomic mass is 35.7. The zero-order valence-electron chi connectivity index (χ0n) is 9.97. The molecule has 0 N–H and O–H groups in total. The second-order valence-electron chi connectivity index (χ2n) is 3.70. The van der Waals surface area contributed by atoms with Crippen LogP contribution in [0.2, 0.25) is 0 Å². The van der Waals surface area contributed by atoms with Crippen LogP contribution in [0.1, 0.15) is 17.4 Å². The molecule has 0 radical (unpaired) electrons. The van der Waals surface area contributed by atoms with Crippen LogP contribution in [-0.4, -0.2) is 21.4 Å². The van der Waals surface area contributed by atoms with Crippen molar-refractivity contribution in [3.63, 3.8) is 0 Å². The number of halogens is 1. The summed E-state index contributed by atoms with van der Waals surface area (Å²) in [5, 5.41) is 0.705. The fourth-order valence-electron chi connectivity index (χ4n) is 1.95. The molecule has 0 aliphatic rings. The summed E-state index contributed by atoms with van der Waals surface area (Å²) in [6.07, 6.45) is 0. The third kappa shape index (κ3) is 2.04. The van der Waals surface area contributed by atoms with Crippen molar-refractivity contribution >= 4 is 37.6 Å². The average molecular weight is 286 g/mol. The number of rotatable bonds is 3. The Labute approximate surface area is 111 Å². The average Bonchev–Trinajstić information content (AvgIpc) is 2.64. The first-order valence-electron chi connectivity index (χ1n) is 5.40. The van der Waals surface area contributed by atoms with E-state index in [0.717, 1.165) is 5.52 Å². The summed E-state index contributed by atoms with van der Waals surface area (Å²) >= 11 is 0. The lowest BCUT2D eigenvalue weighted by Gasteiger charge is -2.04. The van der Waals surface area contributed by atoms with Crippen LogP contribution in [0.5, 0.6) is 0 Å². The third-order valence-electron chi connectivity index (χ3n) is 2.69. The molecule has 0 amide bonds. The number of hydrogen-bond acceptors (Lipinski definition) is 3. The van der Waals surface area contributed by atoms with Gasteiger partial charge in [-0.2, -0.15) is 0 Å². The minimum atomic E-state index is -1.77. The number of aryl methyl sites for hydroxylation is 1. The van der Waals surface area contributed by atoms with Crippen molar-refractivity contribution in [3.8, 4) is 0 Å². The highest BCUT2D eigenvalue weighted by Gasteiger charge is 2.25. The van der Waals surface area contributed by atoms with Crippen molar-refractivity contribution in [2.24, 2.45) is 7.05 Å². The second-order valence-corrected chi connectivity index (χ2v) is 5.39. The summed E-state index contributed by atoms with van der Waals surface area (Å²) in [5.74, 6) is -0.514. The van der Waals surface area contributed by atoms with Gasteiger partial charge < -0.3 is 9.30 Å². The lowest BCUT2D eigenvalue weighted by molar-refractivity contribution is 0.0511. The third-order valence-corrected chi connectivity index (χ3v) is 3.89. The van der Waals surface area contributed by atoms with Gasteiger partial charge in [-0.3, -0.25) is 0 Å².